The number of pyridine rings is 1. The molecule has 3 heterocycles. The molecule has 1 aliphatic heterocycles. The number of piperidine rings is 1. The molecular formula is C27H25N5O. The number of para-hydroxylation sites is 1. The first-order valence-electron chi connectivity index (χ1n) is 11.2. The van der Waals surface area contributed by atoms with Gasteiger partial charge in [0.05, 0.1) is 5.69 Å². The lowest BCUT2D eigenvalue weighted by molar-refractivity contribution is 0.0711. The summed E-state index contributed by atoms with van der Waals surface area (Å²) in [4.78, 5) is 28.7. The standard InChI is InChI=1S/C27H25N5O/c33-27(22-7-3-1-4-8-22)32-17-13-21(14-18-32)26-30-24(20-11-15-28-16-12-20)19-25(31-26)29-23-9-5-2-6-10-23/h1-12,15-16,19,21H,13-14,17-18H2,(H,29,30,31). The molecule has 0 unspecified atom stereocenters. The Balaban J connectivity index is 1.38. The number of amides is 1. The van der Waals surface area contributed by atoms with E-state index < -0.39 is 0 Å². The first-order valence-corrected chi connectivity index (χ1v) is 11.2. The molecule has 2 aromatic carbocycles. The molecular weight excluding hydrogens is 410 g/mol. The van der Waals surface area contributed by atoms with Gasteiger partial charge in [-0.1, -0.05) is 36.4 Å². The van der Waals surface area contributed by atoms with Crippen molar-refractivity contribution < 1.29 is 4.79 Å². The largest absolute Gasteiger partial charge is 0.340 e. The van der Waals surface area contributed by atoms with Crippen LogP contribution in [-0.4, -0.2) is 38.8 Å². The van der Waals surface area contributed by atoms with E-state index in [1.165, 1.54) is 0 Å². The van der Waals surface area contributed by atoms with Gasteiger partial charge in [-0.05, 0) is 49.2 Å². The Morgan fingerprint density at radius 2 is 1.52 bits per heavy atom. The zero-order valence-electron chi connectivity index (χ0n) is 18.3. The predicted octanol–water partition coefficient (Wildman–Crippen LogP) is 5.30. The highest BCUT2D eigenvalue weighted by Crippen LogP contribution is 2.30. The fraction of sp³-hybridized carbons (Fsp3) is 0.185. The van der Waals surface area contributed by atoms with Crippen LogP contribution in [0.15, 0.2) is 91.3 Å². The van der Waals surface area contributed by atoms with Gasteiger partial charge in [-0.3, -0.25) is 9.78 Å². The number of carbonyl (C=O) groups is 1. The summed E-state index contributed by atoms with van der Waals surface area (Å²) < 4.78 is 0. The number of carbonyl (C=O) groups excluding carboxylic acids is 1. The molecule has 1 aliphatic rings. The number of benzene rings is 2. The number of hydrogen-bond donors (Lipinski definition) is 1. The molecule has 0 spiro atoms. The number of nitrogens with one attached hydrogen (secondary N) is 1. The number of likely N-dealkylation sites (tertiary alicyclic amines) is 1. The van der Waals surface area contributed by atoms with Crippen molar-refractivity contribution in [3.05, 3.63) is 103 Å². The fourth-order valence-electron chi connectivity index (χ4n) is 4.16. The quantitative estimate of drug-likeness (QED) is 0.460. The van der Waals surface area contributed by atoms with E-state index >= 15 is 0 Å². The molecule has 0 bridgehead atoms. The zero-order chi connectivity index (χ0) is 22.5. The monoisotopic (exact) mass is 435 g/mol. The van der Waals surface area contributed by atoms with Crippen LogP contribution >= 0.6 is 0 Å². The molecule has 1 N–H and O–H groups in total. The second-order valence-electron chi connectivity index (χ2n) is 8.16. The van der Waals surface area contributed by atoms with Gasteiger partial charge < -0.3 is 10.2 Å². The normalized spacial score (nSPS) is 14.1. The van der Waals surface area contributed by atoms with E-state index in [9.17, 15) is 4.79 Å². The molecule has 5 rings (SSSR count). The number of rotatable bonds is 5. The maximum absolute atomic E-state index is 12.8. The minimum atomic E-state index is 0.0898. The summed E-state index contributed by atoms with van der Waals surface area (Å²) in [6.07, 6.45) is 5.22. The second kappa shape index (κ2) is 9.61. The van der Waals surface area contributed by atoms with Gasteiger partial charge in [-0.2, -0.15) is 0 Å². The minimum Gasteiger partial charge on any atom is -0.340 e. The fourth-order valence-corrected chi connectivity index (χ4v) is 4.16. The summed E-state index contributed by atoms with van der Waals surface area (Å²) >= 11 is 0. The van der Waals surface area contributed by atoms with Crippen molar-refractivity contribution in [1.29, 1.82) is 0 Å². The number of aromatic nitrogens is 3. The van der Waals surface area contributed by atoms with E-state index in [0.717, 1.165) is 47.0 Å². The molecule has 2 aromatic heterocycles. The van der Waals surface area contributed by atoms with Gasteiger partial charge in [-0.15, -0.1) is 0 Å². The van der Waals surface area contributed by atoms with Crippen LogP contribution in [0.3, 0.4) is 0 Å². The van der Waals surface area contributed by atoms with Crippen LogP contribution in [0.25, 0.3) is 11.3 Å². The van der Waals surface area contributed by atoms with E-state index in [4.69, 9.17) is 9.97 Å². The highest BCUT2D eigenvalue weighted by Gasteiger charge is 2.27. The second-order valence-corrected chi connectivity index (χ2v) is 8.16. The van der Waals surface area contributed by atoms with Gasteiger partial charge in [0.25, 0.3) is 5.91 Å². The van der Waals surface area contributed by atoms with Crippen LogP contribution in [-0.2, 0) is 0 Å². The molecule has 0 aliphatic carbocycles. The maximum Gasteiger partial charge on any atom is 0.253 e. The van der Waals surface area contributed by atoms with Crippen LogP contribution < -0.4 is 5.32 Å². The van der Waals surface area contributed by atoms with E-state index in [1.807, 2.05) is 83.8 Å². The van der Waals surface area contributed by atoms with E-state index in [1.54, 1.807) is 12.4 Å². The smallest absolute Gasteiger partial charge is 0.253 e. The van der Waals surface area contributed by atoms with Crippen LogP contribution in [0.5, 0.6) is 0 Å². The minimum absolute atomic E-state index is 0.0898. The summed E-state index contributed by atoms with van der Waals surface area (Å²) in [5.41, 5.74) is 3.58. The SMILES string of the molecule is O=C(c1ccccc1)N1CCC(c2nc(Nc3ccccc3)cc(-c3ccncc3)n2)CC1. The third kappa shape index (κ3) is 4.90. The van der Waals surface area contributed by atoms with Crippen molar-refractivity contribution in [1.82, 2.24) is 19.9 Å². The van der Waals surface area contributed by atoms with Gasteiger partial charge in [0.1, 0.15) is 11.6 Å². The average Bonchev–Trinajstić information content (AvgIpc) is 2.90. The molecule has 164 valence electrons. The Bertz CT molecular complexity index is 1210. The number of nitrogens with zero attached hydrogens (tertiary/aromatic N) is 4. The summed E-state index contributed by atoms with van der Waals surface area (Å²) in [6, 6.07) is 25.4. The zero-order valence-corrected chi connectivity index (χ0v) is 18.3. The van der Waals surface area contributed by atoms with E-state index in [-0.39, 0.29) is 11.8 Å². The van der Waals surface area contributed by atoms with Crippen molar-refractivity contribution in [2.45, 2.75) is 18.8 Å². The van der Waals surface area contributed by atoms with Gasteiger partial charge >= 0.3 is 0 Å². The third-order valence-electron chi connectivity index (χ3n) is 5.93. The van der Waals surface area contributed by atoms with E-state index in [0.29, 0.717) is 13.1 Å². The third-order valence-corrected chi connectivity index (χ3v) is 5.93. The number of anilines is 2. The molecule has 33 heavy (non-hydrogen) atoms. The van der Waals surface area contributed by atoms with Crippen molar-refractivity contribution in [3.8, 4) is 11.3 Å². The summed E-state index contributed by atoms with van der Waals surface area (Å²) in [5.74, 6) is 1.87. The number of hydrogen-bond acceptors (Lipinski definition) is 5. The maximum atomic E-state index is 12.8. The summed E-state index contributed by atoms with van der Waals surface area (Å²) in [7, 11) is 0. The van der Waals surface area contributed by atoms with Gasteiger partial charge in [0.2, 0.25) is 0 Å². The van der Waals surface area contributed by atoms with Crippen molar-refractivity contribution in [2.75, 3.05) is 18.4 Å². The topological polar surface area (TPSA) is 71.0 Å². The van der Waals surface area contributed by atoms with Gasteiger partial charge in [-0.25, -0.2) is 9.97 Å². The lowest BCUT2D eigenvalue weighted by Gasteiger charge is -2.31. The Morgan fingerprint density at radius 3 is 2.21 bits per heavy atom. The van der Waals surface area contributed by atoms with Crippen LogP contribution in [0, 0.1) is 0 Å². The average molecular weight is 436 g/mol. The van der Waals surface area contributed by atoms with Gasteiger partial charge in [0.15, 0.2) is 0 Å². The lowest BCUT2D eigenvalue weighted by Crippen LogP contribution is -2.38. The van der Waals surface area contributed by atoms with Crippen LogP contribution in [0.1, 0.15) is 34.9 Å². The molecule has 0 saturated carbocycles. The molecule has 1 amide bonds. The van der Waals surface area contributed by atoms with Crippen molar-refractivity contribution >= 4 is 17.4 Å². The first-order chi connectivity index (χ1) is 16.3. The summed E-state index contributed by atoms with van der Waals surface area (Å²) in [5, 5.41) is 3.41. The Labute approximate surface area is 193 Å². The van der Waals surface area contributed by atoms with Crippen molar-refractivity contribution in [2.24, 2.45) is 0 Å². The Hall–Kier alpha value is -4.06. The highest BCUT2D eigenvalue weighted by atomic mass is 16.2. The predicted molar refractivity (Wildman–Crippen MR) is 129 cm³/mol. The Kier molecular flexibility index (Phi) is 6.06. The van der Waals surface area contributed by atoms with Crippen LogP contribution in [0.2, 0.25) is 0 Å². The first kappa shape index (κ1) is 20.8. The van der Waals surface area contributed by atoms with Gasteiger partial charge in [0, 0.05) is 54.3 Å². The Morgan fingerprint density at radius 1 is 0.848 bits per heavy atom. The molecule has 1 fully saturated rings. The lowest BCUT2D eigenvalue weighted by atomic mass is 9.95. The highest BCUT2D eigenvalue weighted by molar-refractivity contribution is 5.94. The van der Waals surface area contributed by atoms with Crippen molar-refractivity contribution in [3.63, 3.8) is 0 Å². The molecule has 0 atom stereocenters. The van der Waals surface area contributed by atoms with E-state index in [2.05, 4.69) is 10.3 Å². The molecule has 6 nitrogen and oxygen atoms in total. The molecule has 6 heteroatoms. The molecule has 0 radical (unpaired) electrons. The van der Waals surface area contributed by atoms with Crippen LogP contribution in [0.4, 0.5) is 11.5 Å². The molecule has 1 saturated heterocycles. The molecule has 4 aromatic rings. The summed E-state index contributed by atoms with van der Waals surface area (Å²) in [6.45, 7) is 1.39.